The number of nitrogens with zero attached hydrogens (tertiary/aromatic N) is 3. The Bertz CT molecular complexity index is 409. The standard InChI is InChI=1S/C15H28N4O/c1-6-9-16-14-12(4)15(18-13(5)17-14)19(7-2)10-11-20-8-3/h6-11H2,1-5H3,(H,16,17,18). The van der Waals surface area contributed by atoms with Gasteiger partial charge in [-0.15, -0.1) is 0 Å². The molecule has 0 radical (unpaired) electrons. The van der Waals surface area contributed by atoms with Crippen molar-refractivity contribution < 1.29 is 4.74 Å². The molecule has 0 atom stereocenters. The van der Waals surface area contributed by atoms with E-state index < -0.39 is 0 Å². The van der Waals surface area contributed by atoms with Crippen LogP contribution in [0.3, 0.4) is 0 Å². The lowest BCUT2D eigenvalue weighted by molar-refractivity contribution is 0.154. The Morgan fingerprint density at radius 2 is 1.90 bits per heavy atom. The fraction of sp³-hybridized carbons (Fsp3) is 0.733. The summed E-state index contributed by atoms with van der Waals surface area (Å²) >= 11 is 0. The second-order valence-electron chi connectivity index (χ2n) is 4.77. The molecule has 0 spiro atoms. The normalized spacial score (nSPS) is 10.7. The van der Waals surface area contributed by atoms with E-state index in [0.29, 0.717) is 0 Å². The first-order valence-electron chi connectivity index (χ1n) is 7.55. The van der Waals surface area contributed by atoms with Gasteiger partial charge in [0.25, 0.3) is 0 Å². The third kappa shape index (κ3) is 4.63. The first-order chi connectivity index (χ1) is 9.63. The van der Waals surface area contributed by atoms with Crippen molar-refractivity contribution in [3.63, 3.8) is 0 Å². The lowest BCUT2D eigenvalue weighted by Crippen LogP contribution is -2.29. The van der Waals surface area contributed by atoms with Crippen LogP contribution in [0.25, 0.3) is 0 Å². The number of aromatic nitrogens is 2. The van der Waals surface area contributed by atoms with Crippen LogP contribution in [-0.4, -0.2) is 42.8 Å². The molecule has 0 aliphatic heterocycles. The van der Waals surface area contributed by atoms with Crippen molar-refractivity contribution in [3.05, 3.63) is 11.4 Å². The number of likely N-dealkylation sites (N-methyl/N-ethyl adjacent to an activating group) is 1. The highest BCUT2D eigenvalue weighted by molar-refractivity contribution is 5.58. The van der Waals surface area contributed by atoms with Crippen molar-refractivity contribution in [1.29, 1.82) is 0 Å². The topological polar surface area (TPSA) is 50.3 Å². The Balaban J connectivity index is 2.92. The molecule has 0 aliphatic rings. The molecule has 1 heterocycles. The average molecular weight is 280 g/mol. The van der Waals surface area contributed by atoms with Gasteiger partial charge in [0.2, 0.25) is 0 Å². The second-order valence-corrected chi connectivity index (χ2v) is 4.77. The molecular weight excluding hydrogens is 252 g/mol. The number of rotatable bonds is 9. The minimum Gasteiger partial charge on any atom is -0.380 e. The minimum atomic E-state index is 0.727. The number of aryl methyl sites for hydroxylation is 1. The number of hydrogen-bond acceptors (Lipinski definition) is 5. The zero-order valence-electron chi connectivity index (χ0n) is 13.5. The summed E-state index contributed by atoms with van der Waals surface area (Å²) in [6, 6.07) is 0. The zero-order valence-corrected chi connectivity index (χ0v) is 13.5. The van der Waals surface area contributed by atoms with E-state index in [1.165, 1.54) is 0 Å². The Hall–Kier alpha value is -1.36. The van der Waals surface area contributed by atoms with Gasteiger partial charge >= 0.3 is 0 Å². The Morgan fingerprint density at radius 3 is 2.50 bits per heavy atom. The van der Waals surface area contributed by atoms with E-state index in [-0.39, 0.29) is 0 Å². The maximum Gasteiger partial charge on any atom is 0.137 e. The third-order valence-corrected chi connectivity index (χ3v) is 3.17. The van der Waals surface area contributed by atoms with Crippen molar-refractivity contribution in [3.8, 4) is 0 Å². The van der Waals surface area contributed by atoms with Gasteiger partial charge in [0.1, 0.15) is 17.5 Å². The van der Waals surface area contributed by atoms with Crippen LogP contribution in [0.4, 0.5) is 11.6 Å². The summed E-state index contributed by atoms with van der Waals surface area (Å²) in [6.07, 6.45) is 1.08. The first-order valence-corrected chi connectivity index (χ1v) is 7.55. The fourth-order valence-electron chi connectivity index (χ4n) is 2.07. The quantitative estimate of drug-likeness (QED) is 0.705. The molecule has 114 valence electrons. The predicted molar refractivity (Wildman–Crippen MR) is 84.7 cm³/mol. The summed E-state index contributed by atoms with van der Waals surface area (Å²) in [7, 11) is 0. The first kappa shape index (κ1) is 16.7. The van der Waals surface area contributed by atoms with Crippen LogP contribution < -0.4 is 10.2 Å². The van der Waals surface area contributed by atoms with E-state index in [4.69, 9.17) is 4.74 Å². The smallest absolute Gasteiger partial charge is 0.137 e. The monoisotopic (exact) mass is 280 g/mol. The number of hydrogen-bond donors (Lipinski definition) is 1. The van der Waals surface area contributed by atoms with Gasteiger partial charge < -0.3 is 15.0 Å². The van der Waals surface area contributed by atoms with Crippen molar-refractivity contribution >= 4 is 11.6 Å². The van der Waals surface area contributed by atoms with E-state index >= 15 is 0 Å². The van der Waals surface area contributed by atoms with Gasteiger partial charge in [-0.05, 0) is 34.1 Å². The van der Waals surface area contributed by atoms with E-state index in [1.807, 2.05) is 13.8 Å². The third-order valence-electron chi connectivity index (χ3n) is 3.17. The molecule has 0 amide bonds. The number of ether oxygens (including phenoxy) is 1. The molecule has 0 aromatic carbocycles. The average Bonchev–Trinajstić information content (AvgIpc) is 2.44. The summed E-state index contributed by atoms with van der Waals surface area (Å²) in [5.41, 5.74) is 1.11. The fourth-order valence-corrected chi connectivity index (χ4v) is 2.07. The molecular formula is C15H28N4O. The number of nitrogens with one attached hydrogen (secondary N) is 1. The van der Waals surface area contributed by atoms with Crippen LogP contribution in [0.2, 0.25) is 0 Å². The molecule has 5 heteroatoms. The van der Waals surface area contributed by atoms with Gasteiger partial charge in [-0.25, -0.2) is 9.97 Å². The highest BCUT2D eigenvalue weighted by Crippen LogP contribution is 2.23. The molecule has 0 saturated heterocycles. The predicted octanol–water partition coefficient (Wildman–Crippen LogP) is 2.78. The van der Waals surface area contributed by atoms with Crippen LogP contribution in [0.1, 0.15) is 38.6 Å². The molecule has 1 aromatic rings. The Morgan fingerprint density at radius 1 is 1.15 bits per heavy atom. The second kappa shape index (κ2) is 8.74. The number of anilines is 2. The van der Waals surface area contributed by atoms with Gasteiger partial charge in [0.05, 0.1) is 6.61 Å². The molecule has 0 bridgehead atoms. The molecule has 0 fully saturated rings. The molecule has 1 aromatic heterocycles. The largest absolute Gasteiger partial charge is 0.380 e. The van der Waals surface area contributed by atoms with E-state index in [9.17, 15) is 0 Å². The molecule has 0 aliphatic carbocycles. The molecule has 1 N–H and O–H groups in total. The van der Waals surface area contributed by atoms with Crippen LogP contribution in [-0.2, 0) is 4.74 Å². The van der Waals surface area contributed by atoms with Gasteiger partial charge in [0.15, 0.2) is 0 Å². The Kier molecular flexibility index (Phi) is 7.30. The van der Waals surface area contributed by atoms with Gasteiger partial charge in [-0.1, -0.05) is 6.92 Å². The van der Waals surface area contributed by atoms with Crippen LogP contribution in [0.15, 0.2) is 0 Å². The van der Waals surface area contributed by atoms with Crippen molar-refractivity contribution in [2.75, 3.05) is 43.1 Å². The van der Waals surface area contributed by atoms with E-state index in [1.54, 1.807) is 0 Å². The van der Waals surface area contributed by atoms with Crippen molar-refractivity contribution in [1.82, 2.24) is 9.97 Å². The lowest BCUT2D eigenvalue weighted by Gasteiger charge is -2.25. The van der Waals surface area contributed by atoms with Gasteiger partial charge in [-0.3, -0.25) is 0 Å². The lowest BCUT2D eigenvalue weighted by atomic mass is 10.2. The maximum atomic E-state index is 5.45. The molecule has 0 saturated carbocycles. The van der Waals surface area contributed by atoms with Gasteiger partial charge in [-0.2, -0.15) is 0 Å². The van der Waals surface area contributed by atoms with Gasteiger partial charge in [0, 0.05) is 31.8 Å². The van der Waals surface area contributed by atoms with Crippen LogP contribution in [0, 0.1) is 13.8 Å². The summed E-state index contributed by atoms with van der Waals surface area (Å²) in [4.78, 5) is 11.4. The summed E-state index contributed by atoms with van der Waals surface area (Å²) in [5.74, 6) is 2.77. The molecule has 0 unspecified atom stereocenters. The highest BCUT2D eigenvalue weighted by atomic mass is 16.5. The molecule has 5 nitrogen and oxygen atoms in total. The maximum absolute atomic E-state index is 5.45. The van der Waals surface area contributed by atoms with Crippen LogP contribution in [0.5, 0.6) is 0 Å². The summed E-state index contributed by atoms with van der Waals surface area (Å²) in [5, 5.41) is 3.38. The highest BCUT2D eigenvalue weighted by Gasteiger charge is 2.14. The summed E-state index contributed by atoms with van der Waals surface area (Å²) < 4.78 is 5.45. The Labute approximate surface area is 122 Å². The van der Waals surface area contributed by atoms with Crippen molar-refractivity contribution in [2.24, 2.45) is 0 Å². The van der Waals surface area contributed by atoms with Crippen molar-refractivity contribution in [2.45, 2.75) is 41.0 Å². The molecule has 20 heavy (non-hydrogen) atoms. The minimum absolute atomic E-state index is 0.727. The van der Waals surface area contributed by atoms with E-state index in [2.05, 4.69) is 41.0 Å². The zero-order chi connectivity index (χ0) is 15.0. The van der Waals surface area contributed by atoms with Crippen LogP contribution >= 0.6 is 0 Å². The molecule has 1 rings (SSSR count). The SMILES string of the molecule is CCCNc1nc(C)nc(N(CC)CCOCC)c1C. The summed E-state index contributed by atoms with van der Waals surface area (Å²) in [6.45, 7) is 14.5. The van der Waals surface area contributed by atoms with E-state index in [0.717, 1.165) is 62.3 Å².